The molecular weight excluding hydrogens is 506 g/mol. The Hall–Kier alpha value is -4.95. The van der Waals surface area contributed by atoms with E-state index in [2.05, 4.69) is 23.9 Å². The van der Waals surface area contributed by atoms with Crippen LogP contribution in [-0.4, -0.2) is 8.80 Å². The van der Waals surface area contributed by atoms with Crippen molar-refractivity contribution in [2.45, 2.75) is 48.5 Å². The Morgan fingerprint density at radius 2 is 1.02 bits per heavy atom. The number of para-hydroxylation sites is 2. The summed E-state index contributed by atoms with van der Waals surface area (Å²) in [6.07, 6.45) is 0. The Labute approximate surface area is 237 Å². The maximum Gasteiger partial charge on any atom is 0.263 e. The molecule has 0 N–H and O–H groups in total. The van der Waals surface area contributed by atoms with Crippen LogP contribution >= 0.6 is 0 Å². The van der Waals surface area contributed by atoms with Crippen molar-refractivity contribution >= 4 is 70.8 Å². The van der Waals surface area contributed by atoms with Crippen molar-refractivity contribution in [1.29, 1.82) is 0 Å². The van der Waals surface area contributed by atoms with E-state index in [0.717, 1.165) is 65.6 Å². The van der Waals surface area contributed by atoms with E-state index in [-0.39, 0.29) is 11.1 Å². The Balaban J connectivity index is 0.000000726. The number of hydrogen-bond acceptors (Lipinski definition) is 2. The van der Waals surface area contributed by atoms with Crippen molar-refractivity contribution in [2.75, 3.05) is 0 Å². The van der Waals surface area contributed by atoms with E-state index in [1.54, 1.807) is 4.40 Å². The van der Waals surface area contributed by atoms with Gasteiger partial charge in [0.05, 0.1) is 33.9 Å². The van der Waals surface area contributed by atoms with Gasteiger partial charge in [-0.05, 0) is 67.1 Å². The van der Waals surface area contributed by atoms with Crippen LogP contribution in [0.2, 0.25) is 0 Å². The molecule has 0 spiro atoms. The molecule has 0 atom stereocenters. The molecule has 5 heteroatoms. The normalized spacial score (nSPS) is 11.5. The van der Waals surface area contributed by atoms with E-state index in [1.165, 1.54) is 0 Å². The second kappa shape index (κ2) is 9.31. The molecule has 0 saturated heterocycles. The number of aromatic nitrogens is 2. The average Bonchev–Trinajstić information content (AvgIpc) is 3.50. The number of rotatable bonds is 0. The Morgan fingerprint density at radius 1 is 0.585 bits per heavy atom. The fourth-order valence-corrected chi connectivity index (χ4v) is 6.78. The minimum absolute atomic E-state index is 0.0744. The van der Waals surface area contributed by atoms with Gasteiger partial charge in [0.15, 0.2) is 0 Å². The van der Waals surface area contributed by atoms with Crippen molar-refractivity contribution in [1.82, 2.24) is 8.80 Å². The van der Waals surface area contributed by atoms with Crippen LogP contribution in [-0.2, 0) is 0 Å². The first kappa shape index (κ1) is 26.3. The monoisotopic (exact) mass is 537 g/mol. The first-order chi connectivity index (χ1) is 19.9. The number of benzene rings is 4. The maximum absolute atomic E-state index is 14.2. The van der Waals surface area contributed by atoms with Crippen molar-refractivity contribution in [2.24, 2.45) is 0 Å². The minimum atomic E-state index is -0.150. The first-order valence-electron chi connectivity index (χ1n) is 14.3. The second-order valence-electron chi connectivity index (χ2n) is 10.1. The van der Waals surface area contributed by atoms with E-state index in [1.807, 2.05) is 94.5 Å². The summed E-state index contributed by atoms with van der Waals surface area (Å²) in [6, 6.07) is 19.6. The summed E-state index contributed by atoms with van der Waals surface area (Å²) in [7, 11) is 0. The molecule has 0 bridgehead atoms. The highest BCUT2D eigenvalue weighted by Crippen LogP contribution is 2.44. The molecule has 0 radical (unpaired) electrons. The topological polar surface area (TPSA) is 47.3 Å². The summed E-state index contributed by atoms with van der Waals surface area (Å²) in [5, 5.41) is 6.45. The molecule has 4 aromatic heterocycles. The second-order valence-corrected chi connectivity index (χ2v) is 10.1. The van der Waals surface area contributed by atoms with Gasteiger partial charge in [0.2, 0.25) is 5.69 Å². The molecule has 4 heterocycles. The summed E-state index contributed by atoms with van der Waals surface area (Å²) >= 11 is 0. The van der Waals surface area contributed by atoms with Crippen LogP contribution < -0.4 is 11.1 Å². The third-order valence-electron chi connectivity index (χ3n) is 8.23. The van der Waals surface area contributed by atoms with Crippen molar-refractivity contribution in [3.8, 4) is 0 Å². The molecule has 41 heavy (non-hydrogen) atoms. The number of aryl methyl sites for hydroxylation is 3. The highest BCUT2D eigenvalue weighted by molar-refractivity contribution is 6.32. The van der Waals surface area contributed by atoms with Gasteiger partial charge in [-0.2, -0.15) is 0 Å². The van der Waals surface area contributed by atoms with Crippen LogP contribution in [0.15, 0.2) is 70.3 Å². The Kier molecular flexibility index (Phi) is 5.97. The van der Waals surface area contributed by atoms with E-state index in [4.69, 9.17) is 6.57 Å². The van der Waals surface area contributed by atoms with Gasteiger partial charge < -0.3 is 0 Å². The predicted molar refractivity (Wildman–Crippen MR) is 174 cm³/mol. The van der Waals surface area contributed by atoms with E-state index in [0.29, 0.717) is 22.0 Å². The fourth-order valence-electron chi connectivity index (χ4n) is 6.78. The predicted octanol–water partition coefficient (Wildman–Crippen LogP) is 9.08. The molecular formula is C36H31N3O2. The third kappa shape index (κ3) is 3.10. The quantitative estimate of drug-likeness (QED) is 0.143. The lowest BCUT2D eigenvalue weighted by Gasteiger charge is -2.17. The van der Waals surface area contributed by atoms with E-state index in [9.17, 15) is 9.59 Å². The van der Waals surface area contributed by atoms with Crippen LogP contribution in [0.25, 0.3) is 70.0 Å². The molecule has 8 rings (SSSR count). The Bertz CT molecular complexity index is 2490. The summed E-state index contributed by atoms with van der Waals surface area (Å²) < 4.78 is 3.53. The van der Waals surface area contributed by atoms with Crippen LogP contribution in [0, 0.1) is 27.3 Å². The number of hydrogen-bond donors (Lipinski definition) is 0. The molecule has 5 nitrogen and oxygen atoms in total. The smallest absolute Gasteiger partial charge is 0.263 e. The van der Waals surface area contributed by atoms with Gasteiger partial charge in [-0.15, -0.1) is 0 Å². The highest BCUT2D eigenvalue weighted by Gasteiger charge is 2.26. The maximum atomic E-state index is 14.2. The van der Waals surface area contributed by atoms with Gasteiger partial charge in [0.25, 0.3) is 11.1 Å². The van der Waals surface area contributed by atoms with Crippen molar-refractivity contribution in [3.63, 3.8) is 0 Å². The fraction of sp³-hybridized carbons (Fsp3) is 0.194. The molecule has 0 fully saturated rings. The van der Waals surface area contributed by atoms with Crippen molar-refractivity contribution in [3.05, 3.63) is 109 Å². The number of fused-ring (bicyclic) bond motifs is 8. The van der Waals surface area contributed by atoms with Crippen LogP contribution in [0.5, 0.6) is 0 Å². The lowest BCUT2D eigenvalue weighted by Crippen LogP contribution is -2.18. The molecule has 4 aromatic carbocycles. The van der Waals surface area contributed by atoms with E-state index >= 15 is 0 Å². The summed E-state index contributed by atoms with van der Waals surface area (Å²) in [6.45, 7) is 22.0. The van der Waals surface area contributed by atoms with Crippen LogP contribution in [0.4, 0.5) is 5.69 Å². The summed E-state index contributed by atoms with van der Waals surface area (Å²) in [5.74, 6) is 0. The lowest BCUT2D eigenvalue weighted by atomic mass is 9.90. The summed E-state index contributed by atoms with van der Waals surface area (Å²) in [5.41, 5.74) is 6.12. The van der Waals surface area contributed by atoms with Gasteiger partial charge >= 0.3 is 0 Å². The highest BCUT2D eigenvalue weighted by atomic mass is 16.1. The third-order valence-corrected chi connectivity index (χ3v) is 8.23. The van der Waals surface area contributed by atoms with Crippen molar-refractivity contribution < 1.29 is 0 Å². The van der Waals surface area contributed by atoms with Gasteiger partial charge in [0.1, 0.15) is 0 Å². The molecule has 0 saturated carbocycles. The molecule has 0 amide bonds. The van der Waals surface area contributed by atoms with Gasteiger partial charge in [-0.3, -0.25) is 18.4 Å². The average molecular weight is 538 g/mol. The summed E-state index contributed by atoms with van der Waals surface area (Å²) in [4.78, 5) is 32.2. The van der Waals surface area contributed by atoms with Crippen LogP contribution in [0.1, 0.15) is 44.4 Å². The zero-order valence-electron chi connectivity index (χ0n) is 24.4. The molecule has 0 aliphatic heterocycles. The first-order valence-corrected chi connectivity index (χ1v) is 14.3. The molecule has 0 aliphatic carbocycles. The van der Waals surface area contributed by atoms with Gasteiger partial charge in [-0.1, -0.05) is 64.1 Å². The SMILES string of the molecule is CC.CC.[C-]#[N+]c1c2ccccc2n2c(=O)c3c(C)cc4c5c(c(C)cc(c35)c12)c(=O)n1c2ccccc2c(C)c41. The van der Waals surface area contributed by atoms with Crippen LogP contribution in [0.3, 0.4) is 0 Å². The van der Waals surface area contributed by atoms with E-state index < -0.39 is 0 Å². The minimum Gasteiger partial charge on any atom is -0.287 e. The largest absolute Gasteiger partial charge is 0.287 e. The van der Waals surface area contributed by atoms with Gasteiger partial charge in [0, 0.05) is 32.4 Å². The Morgan fingerprint density at radius 3 is 1.56 bits per heavy atom. The molecule has 0 aliphatic rings. The standard InChI is InChI=1S/C32H19N3O2.2C2H6/c1-15-13-20-26-24(31(36)34-22-11-7-5-9-18(22)17(3)29(20)34)16(2)14-21-27(26)25(15)32(37)35-23-12-8-6-10-19(23)28(33-4)30(21)35;2*1-2/h5-14H,1-3H3;2*1-2H3. The molecule has 0 unspecified atom stereocenters. The number of pyridine rings is 2. The zero-order chi connectivity index (χ0) is 29.3. The molecule has 202 valence electrons. The molecule has 8 aromatic rings. The lowest BCUT2D eigenvalue weighted by molar-refractivity contribution is 1.19. The zero-order valence-corrected chi connectivity index (χ0v) is 24.4. The number of nitrogens with zero attached hydrogens (tertiary/aromatic N) is 3. The van der Waals surface area contributed by atoms with Gasteiger partial charge in [-0.25, -0.2) is 4.85 Å².